The number of carbonyl (C=O) groups is 2. The molecule has 8 nitrogen and oxygen atoms in total. The number of amides is 2. The van der Waals surface area contributed by atoms with Crippen LogP contribution in [0.15, 0.2) is 94.1 Å². The van der Waals surface area contributed by atoms with E-state index in [4.69, 9.17) is 0 Å². The molecule has 0 bridgehead atoms. The zero-order valence-corrected chi connectivity index (χ0v) is 18.8. The summed E-state index contributed by atoms with van der Waals surface area (Å²) in [7, 11) is 0. The first-order chi connectivity index (χ1) is 17.0. The summed E-state index contributed by atoms with van der Waals surface area (Å²) < 4.78 is 13.5. The van der Waals surface area contributed by atoms with Gasteiger partial charge in [0.1, 0.15) is 17.6 Å². The number of aliphatic imine (C=N–C) groups is 1. The fourth-order valence-corrected chi connectivity index (χ4v) is 3.85. The Kier molecular flexibility index (Phi) is 5.88. The van der Waals surface area contributed by atoms with Gasteiger partial charge in [0.05, 0.1) is 11.4 Å². The summed E-state index contributed by atoms with van der Waals surface area (Å²) in [4.78, 5) is 30.2. The van der Waals surface area contributed by atoms with Crippen LogP contribution < -0.4 is 15.8 Å². The fourth-order valence-electron chi connectivity index (χ4n) is 3.85. The molecule has 174 valence electrons. The third-order valence-electron chi connectivity index (χ3n) is 5.65. The van der Waals surface area contributed by atoms with E-state index in [0.717, 1.165) is 5.56 Å². The predicted octanol–water partition coefficient (Wildman–Crippen LogP) is 3.50. The fraction of sp³-hybridized carbons (Fsp3) is 0.115. The van der Waals surface area contributed by atoms with Crippen LogP contribution >= 0.6 is 0 Å². The number of anilines is 2. The van der Waals surface area contributed by atoms with E-state index in [1.54, 1.807) is 19.1 Å². The molecular weight excluding hydrogens is 447 g/mol. The molecule has 2 heterocycles. The quantitative estimate of drug-likeness (QED) is 0.443. The van der Waals surface area contributed by atoms with Gasteiger partial charge >= 0.3 is 0 Å². The summed E-state index contributed by atoms with van der Waals surface area (Å²) in [6.07, 6.45) is 0.375. The first-order valence-electron chi connectivity index (χ1n) is 11.0. The lowest BCUT2D eigenvalue weighted by molar-refractivity contribution is -0.120. The molecule has 2 aliphatic heterocycles. The molecule has 0 saturated carbocycles. The van der Waals surface area contributed by atoms with Crippen LogP contribution in [0, 0.1) is 5.82 Å². The number of rotatable bonds is 5. The third kappa shape index (κ3) is 4.56. The molecule has 2 N–H and O–H groups in total. The molecule has 1 unspecified atom stereocenters. The molecule has 0 spiro atoms. The number of nitrogens with zero attached hydrogens (tertiary/aromatic N) is 4. The highest BCUT2D eigenvalue weighted by molar-refractivity contribution is 6.54. The highest BCUT2D eigenvalue weighted by Crippen LogP contribution is 2.23. The summed E-state index contributed by atoms with van der Waals surface area (Å²) in [5, 5.41) is 12.5. The maximum atomic E-state index is 13.5. The number of hydrazine groups is 1. The van der Waals surface area contributed by atoms with Gasteiger partial charge in [0.25, 0.3) is 11.8 Å². The van der Waals surface area contributed by atoms with Crippen LogP contribution in [0.5, 0.6) is 0 Å². The molecule has 2 amide bonds. The minimum atomic E-state index is -0.730. The Labute approximate surface area is 200 Å². The van der Waals surface area contributed by atoms with E-state index in [0.29, 0.717) is 34.9 Å². The Morgan fingerprint density at radius 2 is 1.71 bits per heavy atom. The van der Waals surface area contributed by atoms with Crippen molar-refractivity contribution in [2.45, 2.75) is 19.4 Å². The minimum Gasteiger partial charge on any atom is -0.320 e. The number of hydrogen-bond acceptors (Lipinski definition) is 6. The number of amidine groups is 1. The van der Waals surface area contributed by atoms with Crippen molar-refractivity contribution in [1.29, 1.82) is 0 Å². The van der Waals surface area contributed by atoms with E-state index in [9.17, 15) is 14.0 Å². The Hall–Kier alpha value is -4.66. The van der Waals surface area contributed by atoms with Gasteiger partial charge in [-0.25, -0.2) is 9.40 Å². The van der Waals surface area contributed by atoms with Gasteiger partial charge < -0.3 is 5.32 Å². The summed E-state index contributed by atoms with van der Waals surface area (Å²) in [5.41, 5.74) is 6.30. The smallest absolute Gasteiger partial charge is 0.276 e. The van der Waals surface area contributed by atoms with E-state index in [-0.39, 0.29) is 17.5 Å². The van der Waals surface area contributed by atoms with Gasteiger partial charge in [-0.15, -0.1) is 5.10 Å². The van der Waals surface area contributed by atoms with Crippen LogP contribution in [0.4, 0.5) is 15.8 Å². The van der Waals surface area contributed by atoms with Gasteiger partial charge in [-0.2, -0.15) is 5.10 Å². The molecule has 5 rings (SSSR count). The second-order valence-electron chi connectivity index (χ2n) is 8.08. The second kappa shape index (κ2) is 9.30. The van der Waals surface area contributed by atoms with Gasteiger partial charge in [-0.1, -0.05) is 48.5 Å². The van der Waals surface area contributed by atoms with Gasteiger partial charge in [0.15, 0.2) is 11.5 Å². The summed E-state index contributed by atoms with van der Waals surface area (Å²) >= 11 is 0. The lowest BCUT2D eigenvalue weighted by Gasteiger charge is -2.32. The van der Waals surface area contributed by atoms with Gasteiger partial charge in [-0.3, -0.25) is 20.0 Å². The number of carbonyl (C=O) groups excluding carboxylic acids is 2. The molecular formula is C26H21FN6O2. The average Bonchev–Trinajstić information content (AvgIpc) is 3.19. The molecule has 0 radical (unpaired) electrons. The number of hydrogen-bond donors (Lipinski definition) is 2. The van der Waals surface area contributed by atoms with E-state index in [1.165, 1.54) is 29.3 Å². The third-order valence-corrected chi connectivity index (χ3v) is 5.65. The number of nitrogens with one attached hydrogen (secondary N) is 2. The molecule has 0 saturated heterocycles. The molecule has 1 atom stereocenters. The van der Waals surface area contributed by atoms with Gasteiger partial charge in [0, 0.05) is 12.0 Å². The molecule has 0 aromatic heterocycles. The first-order valence-corrected chi connectivity index (χ1v) is 11.0. The number of halogens is 1. The normalized spacial score (nSPS) is 18.7. The minimum absolute atomic E-state index is 0.198. The Morgan fingerprint density at radius 1 is 1.00 bits per heavy atom. The van der Waals surface area contributed by atoms with E-state index in [2.05, 4.69) is 25.9 Å². The molecule has 0 fully saturated rings. The molecule has 2 aliphatic rings. The van der Waals surface area contributed by atoms with E-state index in [1.807, 2.05) is 42.5 Å². The highest BCUT2D eigenvalue weighted by atomic mass is 19.1. The molecule has 35 heavy (non-hydrogen) atoms. The zero-order chi connectivity index (χ0) is 24.4. The number of para-hydroxylation sites is 1. The standard InChI is InChI=1S/C26H21FN6O2/c1-16(30-31-23-20-9-5-6-10-21(20)29-25(23)34)24-28-22(15-17-7-3-2-4-8-17)26(35)33(32-24)19-13-11-18(27)12-14-19/h2-14,22H,15H2,1H3,(H,28,32)(H,29,31,34)/b30-16-. The lowest BCUT2D eigenvalue weighted by Crippen LogP contribution is -2.57. The van der Waals surface area contributed by atoms with Crippen molar-refractivity contribution in [2.75, 3.05) is 10.3 Å². The molecule has 9 heteroatoms. The van der Waals surface area contributed by atoms with Crippen molar-refractivity contribution in [2.24, 2.45) is 15.2 Å². The van der Waals surface area contributed by atoms with Crippen molar-refractivity contribution in [3.8, 4) is 0 Å². The Balaban J connectivity index is 1.49. The molecule has 3 aromatic carbocycles. The van der Waals surface area contributed by atoms with Gasteiger partial charge in [0.2, 0.25) is 0 Å². The number of fused-ring (bicyclic) bond motifs is 1. The van der Waals surface area contributed by atoms with Crippen LogP contribution in [0.2, 0.25) is 0 Å². The molecule has 3 aromatic rings. The summed E-state index contributed by atoms with van der Waals surface area (Å²) in [6, 6.07) is 21.6. The van der Waals surface area contributed by atoms with Crippen molar-refractivity contribution in [3.05, 3.63) is 95.8 Å². The largest absolute Gasteiger partial charge is 0.320 e. The highest BCUT2D eigenvalue weighted by Gasteiger charge is 2.32. The van der Waals surface area contributed by atoms with Crippen molar-refractivity contribution < 1.29 is 14.0 Å². The average molecular weight is 468 g/mol. The van der Waals surface area contributed by atoms with Crippen LogP contribution in [-0.4, -0.2) is 35.1 Å². The summed E-state index contributed by atoms with van der Waals surface area (Å²) in [5.74, 6) is -0.707. The Morgan fingerprint density at radius 3 is 2.49 bits per heavy atom. The molecule has 0 aliphatic carbocycles. The van der Waals surface area contributed by atoms with Crippen molar-refractivity contribution in [3.63, 3.8) is 0 Å². The summed E-state index contributed by atoms with van der Waals surface area (Å²) in [6.45, 7) is 1.69. The zero-order valence-electron chi connectivity index (χ0n) is 18.8. The van der Waals surface area contributed by atoms with Gasteiger partial charge in [-0.05, 0) is 42.8 Å². The van der Waals surface area contributed by atoms with Crippen LogP contribution in [-0.2, 0) is 16.0 Å². The number of benzene rings is 3. The monoisotopic (exact) mass is 468 g/mol. The van der Waals surface area contributed by atoms with Crippen molar-refractivity contribution >= 4 is 40.4 Å². The van der Waals surface area contributed by atoms with Crippen LogP contribution in [0.1, 0.15) is 18.1 Å². The SMILES string of the molecule is C/C(=N/N=C1\C(=O)Nc2ccccc21)C1=NC(Cc2ccccc2)C(=O)N(c2ccc(F)cc2)N1. The first kappa shape index (κ1) is 22.1. The topological polar surface area (TPSA) is 98.5 Å². The van der Waals surface area contributed by atoms with E-state index >= 15 is 0 Å². The van der Waals surface area contributed by atoms with Crippen molar-refractivity contribution in [1.82, 2.24) is 5.43 Å². The van der Waals surface area contributed by atoms with E-state index < -0.39 is 11.9 Å². The maximum Gasteiger partial charge on any atom is 0.276 e. The second-order valence-corrected chi connectivity index (χ2v) is 8.08. The predicted molar refractivity (Wildman–Crippen MR) is 133 cm³/mol. The lowest BCUT2D eigenvalue weighted by atomic mass is 10.0. The Bertz CT molecular complexity index is 1380. The maximum absolute atomic E-state index is 13.5. The van der Waals surface area contributed by atoms with Crippen LogP contribution in [0.3, 0.4) is 0 Å². The van der Waals surface area contributed by atoms with Crippen LogP contribution in [0.25, 0.3) is 0 Å².